The van der Waals surface area contributed by atoms with Crippen molar-refractivity contribution in [2.24, 2.45) is 0 Å². The van der Waals surface area contributed by atoms with Gasteiger partial charge < -0.3 is 15.0 Å². The lowest BCUT2D eigenvalue weighted by atomic mass is 10.2. The number of anilines is 3. The zero-order chi connectivity index (χ0) is 20.8. The summed E-state index contributed by atoms with van der Waals surface area (Å²) in [6, 6.07) is 10.2. The van der Waals surface area contributed by atoms with E-state index in [4.69, 9.17) is 4.74 Å². The van der Waals surface area contributed by atoms with Gasteiger partial charge in [-0.15, -0.1) is 0 Å². The number of pyridine rings is 2. The highest BCUT2D eigenvalue weighted by Gasteiger charge is 2.18. The van der Waals surface area contributed by atoms with E-state index < -0.39 is 0 Å². The number of hydrogen-bond acceptors (Lipinski definition) is 8. The lowest BCUT2D eigenvalue weighted by Crippen LogP contribution is -2.46. The van der Waals surface area contributed by atoms with Crippen LogP contribution in [-0.4, -0.2) is 66.3 Å². The molecule has 4 heterocycles. The summed E-state index contributed by atoms with van der Waals surface area (Å²) < 4.78 is 5.17. The van der Waals surface area contributed by atoms with Gasteiger partial charge in [-0.05, 0) is 31.5 Å². The Morgan fingerprint density at radius 1 is 1.13 bits per heavy atom. The molecule has 0 bridgehead atoms. The van der Waals surface area contributed by atoms with Gasteiger partial charge in [0.1, 0.15) is 5.82 Å². The highest BCUT2D eigenvalue weighted by molar-refractivity contribution is 7.18. The van der Waals surface area contributed by atoms with Crippen LogP contribution in [0.1, 0.15) is 12.1 Å². The number of thiazole rings is 1. The first kappa shape index (κ1) is 20.7. The van der Waals surface area contributed by atoms with Crippen molar-refractivity contribution in [3.63, 3.8) is 0 Å². The van der Waals surface area contributed by atoms with Crippen molar-refractivity contribution in [2.75, 3.05) is 56.7 Å². The Bertz CT molecular complexity index is 940. The molecule has 3 aromatic heterocycles. The van der Waals surface area contributed by atoms with E-state index in [-0.39, 0.29) is 0 Å². The van der Waals surface area contributed by atoms with Crippen molar-refractivity contribution in [1.29, 1.82) is 0 Å². The molecule has 1 saturated heterocycles. The Balaban J connectivity index is 1.40. The summed E-state index contributed by atoms with van der Waals surface area (Å²) in [4.78, 5) is 19.5. The van der Waals surface area contributed by atoms with Crippen molar-refractivity contribution < 1.29 is 4.74 Å². The average Bonchev–Trinajstić information content (AvgIpc) is 3.23. The molecule has 158 valence electrons. The monoisotopic (exact) mass is 424 g/mol. The molecule has 3 aromatic rings. The zero-order valence-corrected chi connectivity index (χ0v) is 18.4. The molecule has 0 atom stereocenters. The summed E-state index contributed by atoms with van der Waals surface area (Å²) in [5, 5.41) is 4.20. The Morgan fingerprint density at radius 2 is 2.00 bits per heavy atom. The van der Waals surface area contributed by atoms with Gasteiger partial charge in [-0.1, -0.05) is 17.4 Å². The van der Waals surface area contributed by atoms with Gasteiger partial charge in [0.15, 0.2) is 5.13 Å². The first-order chi connectivity index (χ1) is 14.7. The maximum Gasteiger partial charge on any atom is 0.188 e. The maximum absolute atomic E-state index is 5.17. The van der Waals surface area contributed by atoms with Crippen LogP contribution in [0.25, 0.3) is 10.6 Å². The average molecular weight is 425 g/mol. The number of nitrogens with one attached hydrogen (secondary N) is 1. The second-order valence-corrected chi connectivity index (χ2v) is 8.43. The second-order valence-electron chi connectivity index (χ2n) is 7.40. The number of methoxy groups -OCH3 is 1. The summed E-state index contributed by atoms with van der Waals surface area (Å²) in [6.45, 7) is 8.18. The molecule has 1 fully saturated rings. The predicted octanol–water partition coefficient (Wildman–Crippen LogP) is 3.81. The summed E-state index contributed by atoms with van der Waals surface area (Å²) in [6.07, 6.45) is 4.75. The van der Waals surface area contributed by atoms with Crippen molar-refractivity contribution in [3.05, 3.63) is 48.4 Å². The maximum atomic E-state index is 5.17. The summed E-state index contributed by atoms with van der Waals surface area (Å²) in [5.74, 6) is 0.828. The lowest BCUT2D eigenvalue weighted by Gasteiger charge is -2.36. The van der Waals surface area contributed by atoms with Crippen molar-refractivity contribution in [1.82, 2.24) is 19.9 Å². The molecule has 1 aliphatic heterocycles. The Kier molecular flexibility index (Phi) is 6.88. The van der Waals surface area contributed by atoms with Gasteiger partial charge in [-0.25, -0.2) is 9.97 Å². The Morgan fingerprint density at radius 3 is 2.77 bits per heavy atom. The van der Waals surface area contributed by atoms with Gasteiger partial charge >= 0.3 is 0 Å². The number of rotatable bonds is 8. The molecule has 1 N–H and O–H groups in total. The van der Waals surface area contributed by atoms with Crippen LogP contribution in [0.3, 0.4) is 0 Å². The molecular formula is C22H28N6OS. The van der Waals surface area contributed by atoms with Gasteiger partial charge in [0.2, 0.25) is 0 Å². The zero-order valence-electron chi connectivity index (χ0n) is 17.5. The van der Waals surface area contributed by atoms with Crippen molar-refractivity contribution in [3.8, 4) is 10.6 Å². The van der Waals surface area contributed by atoms with Gasteiger partial charge in [-0.3, -0.25) is 9.88 Å². The molecule has 4 rings (SSSR count). The minimum Gasteiger partial charge on any atom is -0.385 e. The highest BCUT2D eigenvalue weighted by atomic mass is 32.1. The smallest absolute Gasteiger partial charge is 0.188 e. The minimum absolute atomic E-state index is 0.822. The third-order valence-electron chi connectivity index (χ3n) is 5.16. The van der Waals surface area contributed by atoms with Crippen LogP contribution in [0.2, 0.25) is 0 Å². The molecule has 1 aliphatic rings. The second kappa shape index (κ2) is 9.97. The van der Waals surface area contributed by atoms with Crippen LogP contribution in [0.15, 0.2) is 42.7 Å². The molecular weight excluding hydrogens is 396 g/mol. The SMILES string of the molecule is COCCCN1CCN(c2cc(C)nc(Nc3ncc(-c4ccccn4)s3)c2)CC1. The van der Waals surface area contributed by atoms with Crippen LogP contribution in [-0.2, 0) is 4.74 Å². The summed E-state index contributed by atoms with van der Waals surface area (Å²) in [5.41, 5.74) is 3.14. The standard InChI is InChI=1S/C22H28N6OS/c1-17-14-18(28-11-9-27(10-12-28)8-5-13-29-2)15-21(25-17)26-22-24-16-20(30-22)19-6-3-4-7-23-19/h3-4,6-7,14-16H,5,8-13H2,1-2H3,(H,24,25,26). The Hall–Kier alpha value is -2.55. The van der Waals surface area contributed by atoms with E-state index in [1.807, 2.05) is 31.3 Å². The first-order valence-corrected chi connectivity index (χ1v) is 11.1. The fourth-order valence-electron chi connectivity index (χ4n) is 3.63. The summed E-state index contributed by atoms with van der Waals surface area (Å²) >= 11 is 1.58. The van der Waals surface area contributed by atoms with Crippen molar-refractivity contribution >= 4 is 28.0 Å². The lowest BCUT2D eigenvalue weighted by molar-refractivity contribution is 0.169. The first-order valence-electron chi connectivity index (χ1n) is 10.3. The fraction of sp³-hybridized carbons (Fsp3) is 0.409. The minimum atomic E-state index is 0.822. The molecule has 8 heteroatoms. The van der Waals surface area contributed by atoms with Crippen molar-refractivity contribution in [2.45, 2.75) is 13.3 Å². The molecule has 7 nitrogen and oxygen atoms in total. The van der Waals surface area contributed by atoms with E-state index in [0.717, 1.165) is 73.0 Å². The predicted molar refractivity (Wildman–Crippen MR) is 123 cm³/mol. The summed E-state index contributed by atoms with van der Waals surface area (Å²) in [7, 11) is 1.76. The number of aryl methyl sites for hydroxylation is 1. The molecule has 0 unspecified atom stereocenters. The molecule has 0 spiro atoms. The number of aromatic nitrogens is 3. The molecule has 0 aliphatic carbocycles. The van der Waals surface area contributed by atoms with Crippen LogP contribution < -0.4 is 10.2 Å². The van der Waals surface area contributed by atoms with Crippen LogP contribution in [0.5, 0.6) is 0 Å². The van der Waals surface area contributed by atoms with E-state index in [9.17, 15) is 0 Å². The van der Waals surface area contributed by atoms with E-state index in [1.54, 1.807) is 24.6 Å². The van der Waals surface area contributed by atoms with E-state index in [1.165, 1.54) is 5.69 Å². The van der Waals surface area contributed by atoms with E-state index in [0.29, 0.717) is 0 Å². The van der Waals surface area contributed by atoms with Gasteiger partial charge in [0.05, 0.1) is 10.6 Å². The Labute approximate surface area is 181 Å². The number of hydrogen-bond donors (Lipinski definition) is 1. The van der Waals surface area contributed by atoms with Gasteiger partial charge in [-0.2, -0.15) is 0 Å². The molecule has 0 amide bonds. The van der Waals surface area contributed by atoms with Gasteiger partial charge in [0, 0.05) is 76.3 Å². The molecule has 0 saturated carbocycles. The third-order valence-corrected chi connectivity index (χ3v) is 6.09. The number of ether oxygens (including phenoxy) is 1. The highest BCUT2D eigenvalue weighted by Crippen LogP contribution is 2.30. The van der Waals surface area contributed by atoms with Crippen LogP contribution in [0, 0.1) is 6.92 Å². The quantitative estimate of drug-likeness (QED) is 0.552. The molecule has 0 radical (unpaired) electrons. The largest absolute Gasteiger partial charge is 0.385 e. The van der Waals surface area contributed by atoms with Crippen LogP contribution in [0.4, 0.5) is 16.6 Å². The number of nitrogens with zero attached hydrogens (tertiary/aromatic N) is 5. The number of piperazine rings is 1. The fourth-order valence-corrected chi connectivity index (χ4v) is 4.43. The van der Waals surface area contributed by atoms with E-state index in [2.05, 4.69) is 42.2 Å². The van der Waals surface area contributed by atoms with Gasteiger partial charge in [0.25, 0.3) is 0 Å². The third kappa shape index (κ3) is 5.33. The topological polar surface area (TPSA) is 66.4 Å². The molecule has 30 heavy (non-hydrogen) atoms. The normalized spacial score (nSPS) is 14.8. The van der Waals surface area contributed by atoms with Crippen LogP contribution >= 0.6 is 11.3 Å². The molecule has 0 aromatic carbocycles. The van der Waals surface area contributed by atoms with E-state index >= 15 is 0 Å².